The monoisotopic (exact) mass is 399 g/mol. The predicted octanol–water partition coefficient (Wildman–Crippen LogP) is 3.43. The third-order valence-corrected chi connectivity index (χ3v) is 4.32. The van der Waals surface area contributed by atoms with Gasteiger partial charge in [-0.1, -0.05) is 30.3 Å². The summed E-state index contributed by atoms with van der Waals surface area (Å²) in [5, 5.41) is 22.5. The lowest BCUT2D eigenvalue weighted by Crippen LogP contribution is -2.42. The molecule has 0 saturated carbocycles. The summed E-state index contributed by atoms with van der Waals surface area (Å²) < 4.78 is 0. The second-order valence-corrected chi connectivity index (χ2v) is 6.60. The van der Waals surface area contributed by atoms with Crippen LogP contribution in [0.5, 0.6) is 0 Å². The fourth-order valence-electron chi connectivity index (χ4n) is 2.98. The molecule has 0 spiro atoms. The molecule has 0 fully saturated rings. The number of imide groups is 1. The standard InChI is InChI=1S/C20H21N3O6/c1-12-7-4-5-9-15(12)22(17(24)11-14(3)21-20(26)27)19(25)18-13(2)8-6-10-16(18)23(28)29/h4-10,14,21H,11H2,1-3H3,(H,26,27). The molecule has 0 aliphatic heterocycles. The van der Waals surface area contributed by atoms with Crippen LogP contribution in [0.15, 0.2) is 42.5 Å². The van der Waals surface area contributed by atoms with Crippen LogP contribution in [0, 0.1) is 24.0 Å². The summed E-state index contributed by atoms with van der Waals surface area (Å²) in [6, 6.07) is 10.1. The number of para-hydroxylation sites is 1. The third-order valence-electron chi connectivity index (χ3n) is 4.32. The number of nitrogens with zero attached hydrogens (tertiary/aromatic N) is 2. The van der Waals surface area contributed by atoms with Crippen molar-refractivity contribution in [2.75, 3.05) is 4.90 Å². The smallest absolute Gasteiger partial charge is 0.404 e. The van der Waals surface area contributed by atoms with Crippen molar-refractivity contribution < 1.29 is 24.4 Å². The molecule has 9 heteroatoms. The number of anilines is 1. The van der Waals surface area contributed by atoms with Gasteiger partial charge in [-0.3, -0.25) is 19.7 Å². The molecule has 0 saturated heterocycles. The molecule has 152 valence electrons. The maximum absolute atomic E-state index is 13.4. The van der Waals surface area contributed by atoms with Crippen molar-refractivity contribution in [2.45, 2.75) is 33.2 Å². The Kier molecular flexibility index (Phi) is 6.66. The number of rotatable bonds is 6. The maximum Gasteiger partial charge on any atom is 0.404 e. The number of nitrogens with one attached hydrogen (secondary N) is 1. The van der Waals surface area contributed by atoms with Crippen LogP contribution in [-0.2, 0) is 4.79 Å². The Morgan fingerprint density at radius 2 is 1.72 bits per heavy atom. The fourth-order valence-corrected chi connectivity index (χ4v) is 2.98. The van der Waals surface area contributed by atoms with E-state index in [0.29, 0.717) is 11.1 Å². The van der Waals surface area contributed by atoms with Crippen LogP contribution < -0.4 is 10.2 Å². The van der Waals surface area contributed by atoms with Gasteiger partial charge in [0.25, 0.3) is 11.6 Å². The van der Waals surface area contributed by atoms with E-state index >= 15 is 0 Å². The van der Waals surface area contributed by atoms with Crippen LogP contribution in [0.2, 0.25) is 0 Å². The van der Waals surface area contributed by atoms with Gasteiger partial charge in [-0.25, -0.2) is 9.69 Å². The lowest BCUT2D eigenvalue weighted by atomic mass is 10.0. The molecule has 0 aliphatic rings. The molecule has 0 heterocycles. The Bertz CT molecular complexity index is 972. The molecule has 0 aliphatic carbocycles. The molecule has 2 aromatic rings. The first-order chi connectivity index (χ1) is 13.6. The molecule has 1 unspecified atom stereocenters. The molecule has 0 bridgehead atoms. The van der Waals surface area contributed by atoms with Gasteiger partial charge in [0, 0.05) is 18.5 Å². The van der Waals surface area contributed by atoms with Crippen molar-refractivity contribution in [3.05, 3.63) is 69.3 Å². The van der Waals surface area contributed by atoms with Gasteiger partial charge in [-0.15, -0.1) is 0 Å². The topological polar surface area (TPSA) is 130 Å². The zero-order valence-corrected chi connectivity index (χ0v) is 16.2. The average molecular weight is 399 g/mol. The van der Waals surface area contributed by atoms with E-state index in [0.717, 1.165) is 4.90 Å². The van der Waals surface area contributed by atoms with Crippen molar-refractivity contribution in [3.8, 4) is 0 Å². The molecular formula is C20H21N3O6. The van der Waals surface area contributed by atoms with Crippen LogP contribution in [0.4, 0.5) is 16.2 Å². The normalized spacial score (nSPS) is 11.4. The van der Waals surface area contributed by atoms with Gasteiger partial charge in [0.15, 0.2) is 0 Å². The summed E-state index contributed by atoms with van der Waals surface area (Å²) >= 11 is 0. The second-order valence-electron chi connectivity index (χ2n) is 6.60. The maximum atomic E-state index is 13.4. The minimum atomic E-state index is -1.30. The molecule has 2 aromatic carbocycles. The number of hydrogen-bond donors (Lipinski definition) is 2. The van der Waals surface area contributed by atoms with Gasteiger partial charge >= 0.3 is 6.09 Å². The Labute approximate surface area is 167 Å². The van der Waals surface area contributed by atoms with E-state index in [-0.39, 0.29) is 17.7 Å². The number of carbonyl (C=O) groups excluding carboxylic acids is 2. The summed E-state index contributed by atoms with van der Waals surface area (Å²) in [6.45, 7) is 4.74. The van der Waals surface area contributed by atoms with Gasteiger partial charge in [0.05, 0.1) is 10.6 Å². The molecule has 1 atom stereocenters. The SMILES string of the molecule is Cc1ccccc1N(C(=O)CC(C)NC(=O)O)C(=O)c1c(C)cccc1[N+](=O)[O-]. The quantitative estimate of drug-likeness (QED) is 0.565. The highest BCUT2D eigenvalue weighted by molar-refractivity contribution is 6.23. The third kappa shape index (κ3) is 4.95. The Balaban J connectivity index is 2.56. The van der Waals surface area contributed by atoms with Gasteiger partial charge in [0.1, 0.15) is 5.56 Å². The van der Waals surface area contributed by atoms with Gasteiger partial charge < -0.3 is 10.4 Å². The molecule has 0 aromatic heterocycles. The first kappa shape index (κ1) is 21.5. The number of nitro benzene ring substituents is 1. The van der Waals surface area contributed by atoms with E-state index in [9.17, 15) is 24.5 Å². The molecule has 2 rings (SSSR count). The minimum Gasteiger partial charge on any atom is -0.465 e. The van der Waals surface area contributed by atoms with Crippen LogP contribution in [0.1, 0.15) is 34.8 Å². The lowest BCUT2D eigenvalue weighted by molar-refractivity contribution is -0.385. The van der Waals surface area contributed by atoms with Crippen LogP contribution in [-0.4, -0.2) is 34.0 Å². The van der Waals surface area contributed by atoms with Crippen LogP contribution >= 0.6 is 0 Å². The number of hydrogen-bond acceptors (Lipinski definition) is 5. The van der Waals surface area contributed by atoms with Crippen LogP contribution in [0.3, 0.4) is 0 Å². The first-order valence-corrected chi connectivity index (χ1v) is 8.79. The highest BCUT2D eigenvalue weighted by Gasteiger charge is 2.32. The largest absolute Gasteiger partial charge is 0.465 e. The van der Waals surface area contributed by atoms with E-state index in [1.165, 1.54) is 19.1 Å². The van der Waals surface area contributed by atoms with E-state index in [2.05, 4.69) is 5.32 Å². The van der Waals surface area contributed by atoms with Crippen molar-refractivity contribution >= 4 is 29.3 Å². The highest BCUT2D eigenvalue weighted by atomic mass is 16.6. The van der Waals surface area contributed by atoms with Crippen molar-refractivity contribution in [1.82, 2.24) is 5.32 Å². The van der Waals surface area contributed by atoms with Gasteiger partial charge in [0.2, 0.25) is 5.91 Å². The Morgan fingerprint density at radius 3 is 2.31 bits per heavy atom. The summed E-state index contributed by atoms with van der Waals surface area (Å²) in [4.78, 5) is 48.8. The Morgan fingerprint density at radius 1 is 1.10 bits per heavy atom. The number of aryl methyl sites for hydroxylation is 2. The summed E-state index contributed by atoms with van der Waals surface area (Å²) in [5.41, 5.74) is 0.658. The molecule has 3 amide bonds. The van der Waals surface area contributed by atoms with Gasteiger partial charge in [-0.05, 0) is 38.0 Å². The molecule has 2 N–H and O–H groups in total. The number of amides is 3. The minimum absolute atomic E-state index is 0.187. The van der Waals surface area contributed by atoms with Crippen molar-refractivity contribution in [1.29, 1.82) is 0 Å². The van der Waals surface area contributed by atoms with Crippen LogP contribution in [0.25, 0.3) is 0 Å². The molecule has 0 radical (unpaired) electrons. The molecular weight excluding hydrogens is 378 g/mol. The summed E-state index contributed by atoms with van der Waals surface area (Å²) in [5.74, 6) is -1.51. The zero-order valence-electron chi connectivity index (χ0n) is 16.2. The predicted molar refractivity (Wildman–Crippen MR) is 106 cm³/mol. The highest BCUT2D eigenvalue weighted by Crippen LogP contribution is 2.28. The van der Waals surface area contributed by atoms with E-state index in [4.69, 9.17) is 5.11 Å². The summed E-state index contributed by atoms with van der Waals surface area (Å²) in [6.07, 6.45) is -1.60. The van der Waals surface area contributed by atoms with Crippen molar-refractivity contribution in [3.63, 3.8) is 0 Å². The average Bonchev–Trinajstić information content (AvgIpc) is 2.62. The van der Waals surface area contributed by atoms with Gasteiger partial charge in [-0.2, -0.15) is 0 Å². The first-order valence-electron chi connectivity index (χ1n) is 8.79. The zero-order chi connectivity index (χ0) is 21.7. The van der Waals surface area contributed by atoms with E-state index in [1.807, 2.05) is 0 Å². The number of carbonyl (C=O) groups is 3. The lowest BCUT2D eigenvalue weighted by Gasteiger charge is -2.24. The number of carboxylic acid groups (broad SMARTS) is 1. The van der Waals surface area contributed by atoms with Crippen molar-refractivity contribution in [2.24, 2.45) is 0 Å². The second kappa shape index (κ2) is 8.96. The fraction of sp³-hybridized carbons (Fsp3) is 0.250. The van der Waals surface area contributed by atoms with E-state index < -0.39 is 34.6 Å². The molecule has 29 heavy (non-hydrogen) atoms. The Hall–Kier alpha value is -3.75. The summed E-state index contributed by atoms with van der Waals surface area (Å²) in [7, 11) is 0. The number of nitro groups is 1. The number of benzene rings is 2. The van der Waals surface area contributed by atoms with E-state index in [1.54, 1.807) is 44.2 Å². The molecule has 9 nitrogen and oxygen atoms in total.